The highest BCUT2D eigenvalue weighted by atomic mass is 32.1. The van der Waals surface area contributed by atoms with Gasteiger partial charge in [0.15, 0.2) is 6.29 Å². The molecule has 3 nitrogen and oxygen atoms in total. The molecule has 0 aliphatic heterocycles. The Morgan fingerprint density at radius 1 is 1.62 bits per heavy atom. The number of hydrogen-bond acceptors (Lipinski definition) is 5. The zero-order valence-corrected chi connectivity index (χ0v) is 8.46. The molecule has 0 bridgehead atoms. The SMILES string of the molecule is O=Cc1sccc1C(O)C(O)CS. The van der Waals surface area contributed by atoms with E-state index in [-0.39, 0.29) is 5.75 Å². The molecule has 0 amide bonds. The fraction of sp³-hybridized carbons (Fsp3) is 0.375. The molecule has 0 aliphatic rings. The van der Waals surface area contributed by atoms with E-state index < -0.39 is 12.2 Å². The standard InChI is InChI=1S/C8H10O3S2/c9-3-7-5(1-2-13-7)8(11)6(10)4-12/h1-3,6,8,10-12H,4H2. The summed E-state index contributed by atoms with van der Waals surface area (Å²) in [6, 6.07) is 1.63. The van der Waals surface area contributed by atoms with E-state index in [1.54, 1.807) is 11.4 Å². The first-order valence-electron chi connectivity index (χ1n) is 3.70. The van der Waals surface area contributed by atoms with Gasteiger partial charge in [0.2, 0.25) is 0 Å². The van der Waals surface area contributed by atoms with Gasteiger partial charge in [0.05, 0.1) is 11.0 Å². The van der Waals surface area contributed by atoms with Crippen molar-refractivity contribution in [1.82, 2.24) is 0 Å². The van der Waals surface area contributed by atoms with Crippen molar-refractivity contribution in [2.75, 3.05) is 5.75 Å². The zero-order valence-electron chi connectivity index (χ0n) is 6.75. The second kappa shape index (κ2) is 4.76. The van der Waals surface area contributed by atoms with Gasteiger partial charge in [-0.25, -0.2) is 0 Å². The predicted octanol–water partition coefficient (Wildman–Crippen LogP) is 0.885. The quantitative estimate of drug-likeness (QED) is 0.519. The number of thiol groups is 1. The molecule has 0 spiro atoms. The summed E-state index contributed by atoms with van der Waals surface area (Å²) in [5.41, 5.74) is 0.474. The van der Waals surface area contributed by atoms with E-state index in [4.69, 9.17) is 0 Å². The summed E-state index contributed by atoms with van der Waals surface area (Å²) in [6.07, 6.45) is -1.28. The molecule has 0 aromatic carbocycles. The Labute approximate surface area is 85.4 Å². The van der Waals surface area contributed by atoms with Crippen LogP contribution in [0, 0.1) is 0 Å². The van der Waals surface area contributed by atoms with Crippen molar-refractivity contribution in [3.63, 3.8) is 0 Å². The number of rotatable bonds is 4. The van der Waals surface area contributed by atoms with Crippen molar-refractivity contribution >= 4 is 30.3 Å². The molecule has 13 heavy (non-hydrogen) atoms. The van der Waals surface area contributed by atoms with Crippen molar-refractivity contribution < 1.29 is 15.0 Å². The number of thiophene rings is 1. The van der Waals surface area contributed by atoms with Gasteiger partial charge < -0.3 is 10.2 Å². The largest absolute Gasteiger partial charge is 0.389 e. The van der Waals surface area contributed by atoms with Crippen LogP contribution in [0.2, 0.25) is 0 Å². The van der Waals surface area contributed by atoms with E-state index in [9.17, 15) is 15.0 Å². The molecular formula is C8H10O3S2. The second-order valence-electron chi connectivity index (χ2n) is 2.55. The van der Waals surface area contributed by atoms with Crippen LogP contribution in [-0.2, 0) is 0 Å². The summed E-state index contributed by atoms with van der Waals surface area (Å²) in [7, 11) is 0. The maximum atomic E-state index is 10.5. The van der Waals surface area contributed by atoms with Crippen LogP contribution < -0.4 is 0 Å². The van der Waals surface area contributed by atoms with Crippen LogP contribution >= 0.6 is 24.0 Å². The van der Waals surface area contributed by atoms with E-state index in [0.717, 1.165) is 0 Å². The molecule has 0 saturated carbocycles. The van der Waals surface area contributed by atoms with E-state index >= 15 is 0 Å². The topological polar surface area (TPSA) is 57.5 Å². The minimum atomic E-state index is -1.02. The lowest BCUT2D eigenvalue weighted by Crippen LogP contribution is -2.20. The van der Waals surface area contributed by atoms with Gasteiger partial charge in [-0.15, -0.1) is 11.3 Å². The maximum Gasteiger partial charge on any atom is 0.160 e. The third kappa shape index (κ3) is 2.31. The number of carbonyl (C=O) groups excluding carboxylic acids is 1. The van der Waals surface area contributed by atoms with Gasteiger partial charge in [0, 0.05) is 11.3 Å². The molecule has 2 atom stereocenters. The average molecular weight is 218 g/mol. The number of aldehydes is 1. The Hall–Kier alpha value is -0.360. The lowest BCUT2D eigenvalue weighted by Gasteiger charge is -2.14. The van der Waals surface area contributed by atoms with Gasteiger partial charge in [-0.2, -0.15) is 12.6 Å². The third-order valence-electron chi connectivity index (χ3n) is 1.70. The molecule has 1 aromatic rings. The summed E-state index contributed by atoms with van der Waals surface area (Å²) < 4.78 is 0. The highest BCUT2D eigenvalue weighted by Crippen LogP contribution is 2.24. The van der Waals surface area contributed by atoms with Crippen LogP contribution in [0.4, 0.5) is 0 Å². The average Bonchev–Trinajstić information content (AvgIpc) is 2.62. The first kappa shape index (κ1) is 10.7. The molecule has 0 radical (unpaired) electrons. The Morgan fingerprint density at radius 3 is 2.85 bits per heavy atom. The second-order valence-corrected chi connectivity index (χ2v) is 3.87. The molecule has 2 N–H and O–H groups in total. The number of aliphatic hydroxyl groups excluding tert-OH is 2. The summed E-state index contributed by atoms with van der Waals surface area (Å²) in [4.78, 5) is 11.0. The first-order chi connectivity index (χ1) is 6.20. The molecule has 5 heteroatoms. The van der Waals surface area contributed by atoms with Crippen molar-refractivity contribution in [3.8, 4) is 0 Å². The lowest BCUT2D eigenvalue weighted by atomic mass is 10.1. The highest BCUT2D eigenvalue weighted by Gasteiger charge is 2.20. The van der Waals surface area contributed by atoms with Gasteiger partial charge >= 0.3 is 0 Å². The Bertz CT molecular complexity index is 285. The van der Waals surface area contributed by atoms with Gasteiger partial charge in [-0.05, 0) is 11.4 Å². The van der Waals surface area contributed by atoms with Crippen LogP contribution in [0.1, 0.15) is 21.3 Å². The molecule has 1 rings (SSSR count). The fourth-order valence-corrected chi connectivity index (χ4v) is 1.92. The van der Waals surface area contributed by atoms with Crippen LogP contribution in [0.25, 0.3) is 0 Å². The smallest absolute Gasteiger partial charge is 0.160 e. The van der Waals surface area contributed by atoms with Gasteiger partial charge in [0.1, 0.15) is 6.10 Å². The fourth-order valence-electron chi connectivity index (χ4n) is 0.978. The monoisotopic (exact) mass is 218 g/mol. The van der Waals surface area contributed by atoms with E-state index in [1.807, 2.05) is 0 Å². The minimum Gasteiger partial charge on any atom is -0.389 e. The van der Waals surface area contributed by atoms with Crippen molar-refractivity contribution in [3.05, 3.63) is 21.9 Å². The van der Waals surface area contributed by atoms with Gasteiger partial charge in [-0.1, -0.05) is 0 Å². The predicted molar refractivity (Wildman–Crippen MR) is 54.5 cm³/mol. The van der Waals surface area contributed by atoms with E-state index in [2.05, 4.69) is 12.6 Å². The van der Waals surface area contributed by atoms with Crippen molar-refractivity contribution in [1.29, 1.82) is 0 Å². The van der Waals surface area contributed by atoms with E-state index in [0.29, 0.717) is 16.7 Å². The summed E-state index contributed by atoms with van der Waals surface area (Å²) in [6.45, 7) is 0. The molecular weight excluding hydrogens is 208 g/mol. The first-order valence-corrected chi connectivity index (χ1v) is 5.21. The van der Waals surface area contributed by atoms with Crippen LogP contribution in [0.3, 0.4) is 0 Å². The number of carbonyl (C=O) groups is 1. The Kier molecular flexibility index (Phi) is 3.92. The van der Waals surface area contributed by atoms with Crippen molar-refractivity contribution in [2.24, 2.45) is 0 Å². The zero-order chi connectivity index (χ0) is 9.84. The van der Waals surface area contributed by atoms with Crippen LogP contribution in [-0.4, -0.2) is 28.4 Å². The molecule has 2 unspecified atom stereocenters. The molecule has 72 valence electrons. The molecule has 0 saturated heterocycles. The summed E-state index contributed by atoms with van der Waals surface area (Å²) in [5.74, 6) is 0.162. The van der Waals surface area contributed by atoms with Crippen molar-refractivity contribution in [2.45, 2.75) is 12.2 Å². The molecule has 1 heterocycles. The normalized spacial score (nSPS) is 15.3. The third-order valence-corrected chi connectivity index (χ3v) is 2.94. The van der Waals surface area contributed by atoms with Gasteiger partial charge in [0.25, 0.3) is 0 Å². The molecule has 0 aliphatic carbocycles. The number of hydrogen-bond donors (Lipinski definition) is 3. The summed E-state index contributed by atoms with van der Waals surface area (Å²) >= 11 is 5.10. The molecule has 0 fully saturated rings. The van der Waals surface area contributed by atoms with E-state index in [1.165, 1.54) is 11.3 Å². The number of aliphatic hydroxyl groups is 2. The maximum absolute atomic E-state index is 10.5. The lowest BCUT2D eigenvalue weighted by molar-refractivity contribution is 0.0336. The Balaban J connectivity index is 2.87. The van der Waals surface area contributed by atoms with Crippen LogP contribution in [0.5, 0.6) is 0 Å². The minimum absolute atomic E-state index is 0.162. The Morgan fingerprint density at radius 2 is 2.31 bits per heavy atom. The summed E-state index contributed by atoms with van der Waals surface area (Å²) in [5, 5.41) is 20.5. The highest BCUT2D eigenvalue weighted by molar-refractivity contribution is 7.80. The van der Waals surface area contributed by atoms with Gasteiger partial charge in [-0.3, -0.25) is 4.79 Å². The van der Waals surface area contributed by atoms with Crippen LogP contribution in [0.15, 0.2) is 11.4 Å². The molecule has 1 aromatic heterocycles.